The minimum atomic E-state index is -4.89. The number of methoxy groups -OCH3 is 1. The topological polar surface area (TPSA) is 51.9 Å². The summed E-state index contributed by atoms with van der Waals surface area (Å²) in [5.41, 5.74) is -1.44. The van der Waals surface area contributed by atoms with Crippen LogP contribution in [0.2, 0.25) is 0 Å². The van der Waals surface area contributed by atoms with Crippen molar-refractivity contribution in [3.05, 3.63) is 69.2 Å². The average Bonchev–Trinajstić information content (AvgIpc) is 2.65. The number of carbonyl (C=O) groups excluding carboxylic acids is 1. The van der Waals surface area contributed by atoms with Crippen LogP contribution in [0.25, 0.3) is 4.85 Å². The number of nitrogens with one attached hydrogen (secondary N) is 1. The van der Waals surface area contributed by atoms with E-state index in [2.05, 4.69) is 10.2 Å². The van der Waals surface area contributed by atoms with Gasteiger partial charge in [0.05, 0.1) is 42.5 Å². The molecule has 0 aromatic heterocycles. The van der Waals surface area contributed by atoms with Crippen molar-refractivity contribution in [2.24, 2.45) is 0 Å². The molecular formula is C20H20F4N2O3. The molecule has 156 valence electrons. The Morgan fingerprint density at radius 1 is 1.34 bits per heavy atom. The zero-order valence-corrected chi connectivity index (χ0v) is 16.1. The molecule has 0 spiro atoms. The zero-order valence-electron chi connectivity index (χ0n) is 16.1. The maximum atomic E-state index is 13.7. The Bertz CT molecular complexity index is 898. The molecule has 0 aliphatic carbocycles. The molecule has 0 saturated heterocycles. The van der Waals surface area contributed by atoms with E-state index >= 15 is 0 Å². The van der Waals surface area contributed by atoms with Crippen molar-refractivity contribution >= 4 is 5.97 Å². The fourth-order valence-electron chi connectivity index (χ4n) is 3.13. The number of rotatable bonds is 6. The van der Waals surface area contributed by atoms with Gasteiger partial charge in [0.2, 0.25) is 0 Å². The second kappa shape index (κ2) is 9.09. The molecule has 0 fully saturated rings. The first-order valence-corrected chi connectivity index (χ1v) is 8.76. The number of nitrogens with zero attached hydrogens (tertiary/aromatic N) is 1. The number of hydrogen-bond donors (Lipinski definition) is 1. The summed E-state index contributed by atoms with van der Waals surface area (Å²) < 4.78 is 64.8. The normalized spacial score (nSPS) is 17.1. The summed E-state index contributed by atoms with van der Waals surface area (Å²) in [6.07, 6.45) is -4.38. The second-order valence-corrected chi connectivity index (χ2v) is 6.37. The lowest BCUT2D eigenvalue weighted by molar-refractivity contribution is -0.141. The molecule has 9 heteroatoms. The first-order chi connectivity index (χ1) is 13.6. The molecule has 0 amide bonds. The molecule has 0 radical (unpaired) electrons. The molecule has 2 rings (SSSR count). The lowest BCUT2D eigenvalue weighted by atomic mass is 9.81. The van der Waals surface area contributed by atoms with Gasteiger partial charge in [0.25, 0.3) is 0 Å². The molecular weight excluding hydrogens is 392 g/mol. The number of carbonyl (C=O) groups is 1. The molecule has 1 aliphatic heterocycles. The van der Waals surface area contributed by atoms with E-state index < -0.39 is 35.0 Å². The summed E-state index contributed by atoms with van der Waals surface area (Å²) in [5.74, 6) is -3.31. The van der Waals surface area contributed by atoms with Crippen LogP contribution in [0.3, 0.4) is 0 Å². The van der Waals surface area contributed by atoms with Crippen molar-refractivity contribution in [1.82, 2.24) is 5.32 Å². The Hall–Kier alpha value is -2.86. The van der Waals surface area contributed by atoms with E-state index in [0.717, 1.165) is 12.1 Å². The predicted octanol–water partition coefficient (Wildman–Crippen LogP) is 4.54. The molecule has 0 bridgehead atoms. The number of hydrogen-bond acceptors (Lipinski definition) is 4. The highest BCUT2D eigenvalue weighted by Crippen LogP contribution is 2.44. The minimum absolute atomic E-state index is 0.0565. The number of alkyl halides is 3. The van der Waals surface area contributed by atoms with Crippen LogP contribution in [-0.4, -0.2) is 26.3 Å². The van der Waals surface area contributed by atoms with Gasteiger partial charge in [0.1, 0.15) is 5.82 Å². The number of halogens is 4. The van der Waals surface area contributed by atoms with E-state index in [1.165, 1.54) is 14.0 Å². The number of dihydropyridines is 1. The monoisotopic (exact) mass is 412 g/mol. The molecule has 1 aliphatic rings. The molecule has 1 atom stereocenters. The third-order valence-electron chi connectivity index (χ3n) is 4.31. The molecule has 1 aromatic rings. The molecule has 1 unspecified atom stereocenters. The highest BCUT2D eigenvalue weighted by molar-refractivity contribution is 5.93. The van der Waals surface area contributed by atoms with Crippen LogP contribution >= 0.6 is 0 Å². The van der Waals surface area contributed by atoms with Gasteiger partial charge in [-0.05, 0) is 31.0 Å². The van der Waals surface area contributed by atoms with Gasteiger partial charge in [-0.15, -0.1) is 0 Å². The smallest absolute Gasteiger partial charge is 0.416 e. The number of ether oxygens (including phenoxy) is 2. The van der Waals surface area contributed by atoms with E-state index in [-0.39, 0.29) is 35.9 Å². The van der Waals surface area contributed by atoms with Crippen LogP contribution in [0.15, 0.2) is 40.9 Å². The first-order valence-electron chi connectivity index (χ1n) is 8.76. The first kappa shape index (κ1) is 22.4. The quantitative estimate of drug-likeness (QED) is 0.424. The van der Waals surface area contributed by atoms with Crippen LogP contribution in [-0.2, 0) is 20.4 Å². The molecule has 0 saturated carbocycles. The van der Waals surface area contributed by atoms with Crippen molar-refractivity contribution < 1.29 is 31.8 Å². The largest absolute Gasteiger partial charge is 0.462 e. The zero-order chi connectivity index (χ0) is 21.8. The van der Waals surface area contributed by atoms with Crippen LogP contribution < -0.4 is 5.32 Å². The molecule has 5 nitrogen and oxygen atoms in total. The summed E-state index contributed by atoms with van der Waals surface area (Å²) in [6.45, 7) is 10.7. The van der Waals surface area contributed by atoms with E-state index in [9.17, 15) is 22.4 Å². The maximum Gasteiger partial charge on any atom is 0.416 e. The molecule has 1 aromatic carbocycles. The third-order valence-corrected chi connectivity index (χ3v) is 4.31. The maximum absolute atomic E-state index is 13.7. The molecule has 1 N–H and O–H groups in total. The van der Waals surface area contributed by atoms with Crippen LogP contribution in [0.4, 0.5) is 17.6 Å². The highest BCUT2D eigenvalue weighted by Gasteiger charge is 2.42. The Balaban J connectivity index is 2.79. The molecule has 29 heavy (non-hydrogen) atoms. The van der Waals surface area contributed by atoms with Gasteiger partial charge >= 0.3 is 12.1 Å². The standard InChI is InChI=1S/C20H20F4N2O3/c1-5-8-29-19(27)17-15(10-28-4)26-11(2)18(25-3)16(17)13-7-6-12(21)9-14(13)20(22,23)24/h6-7,9,16,26H,5,8,10H2,1-2,4H3. The fourth-order valence-corrected chi connectivity index (χ4v) is 3.13. The van der Waals surface area contributed by atoms with Gasteiger partial charge in [-0.3, -0.25) is 0 Å². The van der Waals surface area contributed by atoms with Gasteiger partial charge in [0.15, 0.2) is 5.70 Å². The van der Waals surface area contributed by atoms with E-state index in [1.54, 1.807) is 6.92 Å². The Morgan fingerprint density at radius 3 is 2.59 bits per heavy atom. The molecule has 1 heterocycles. The van der Waals surface area contributed by atoms with Crippen molar-refractivity contribution in [1.29, 1.82) is 0 Å². The lowest BCUT2D eigenvalue weighted by Gasteiger charge is -2.31. The lowest BCUT2D eigenvalue weighted by Crippen LogP contribution is -2.32. The van der Waals surface area contributed by atoms with Crippen LogP contribution in [0, 0.1) is 12.4 Å². The Labute approximate surface area is 165 Å². The van der Waals surface area contributed by atoms with E-state index in [4.69, 9.17) is 16.0 Å². The van der Waals surface area contributed by atoms with Crippen molar-refractivity contribution in [2.75, 3.05) is 20.3 Å². The summed E-state index contributed by atoms with van der Waals surface area (Å²) in [5, 5.41) is 2.86. The van der Waals surface area contributed by atoms with Gasteiger partial charge in [-0.1, -0.05) is 13.0 Å². The summed E-state index contributed by atoms with van der Waals surface area (Å²) in [7, 11) is 1.36. The Kier molecular flexibility index (Phi) is 7.03. The van der Waals surface area contributed by atoms with Crippen molar-refractivity contribution in [3.63, 3.8) is 0 Å². The highest BCUT2D eigenvalue weighted by atomic mass is 19.4. The number of esters is 1. The second-order valence-electron chi connectivity index (χ2n) is 6.37. The fraction of sp³-hybridized carbons (Fsp3) is 0.400. The minimum Gasteiger partial charge on any atom is -0.462 e. The van der Waals surface area contributed by atoms with Gasteiger partial charge in [-0.2, -0.15) is 13.2 Å². The Morgan fingerprint density at radius 2 is 2.03 bits per heavy atom. The van der Waals surface area contributed by atoms with Gasteiger partial charge < -0.3 is 14.8 Å². The summed E-state index contributed by atoms with van der Waals surface area (Å²) >= 11 is 0. The predicted molar refractivity (Wildman–Crippen MR) is 96.7 cm³/mol. The van der Waals surface area contributed by atoms with Gasteiger partial charge in [-0.25, -0.2) is 14.0 Å². The van der Waals surface area contributed by atoms with Crippen molar-refractivity contribution in [3.8, 4) is 0 Å². The SMILES string of the molecule is [C-]#[N+]C1=C(C)NC(COC)=C(C(=O)OCCC)C1c1ccc(F)cc1C(F)(F)F. The average molecular weight is 412 g/mol. The number of allylic oxidation sites excluding steroid dienone is 2. The number of benzene rings is 1. The van der Waals surface area contributed by atoms with Crippen LogP contribution in [0.1, 0.15) is 37.3 Å². The van der Waals surface area contributed by atoms with Crippen molar-refractivity contribution in [2.45, 2.75) is 32.4 Å². The van der Waals surface area contributed by atoms with Crippen LogP contribution in [0.5, 0.6) is 0 Å². The third kappa shape index (κ3) is 4.77. The summed E-state index contributed by atoms with van der Waals surface area (Å²) in [4.78, 5) is 16.1. The van der Waals surface area contributed by atoms with Gasteiger partial charge in [0, 0.05) is 12.8 Å². The van der Waals surface area contributed by atoms with E-state index in [0.29, 0.717) is 12.5 Å². The van der Waals surface area contributed by atoms with E-state index in [1.807, 2.05) is 0 Å². The summed E-state index contributed by atoms with van der Waals surface area (Å²) in [6, 6.07) is 2.18.